The van der Waals surface area contributed by atoms with E-state index < -0.39 is 35.7 Å². The second-order valence-corrected chi connectivity index (χ2v) is 8.16. The van der Waals surface area contributed by atoms with E-state index in [4.69, 9.17) is 29.3 Å². The lowest BCUT2D eigenvalue weighted by Gasteiger charge is -2.16. The van der Waals surface area contributed by atoms with Crippen LogP contribution in [0.4, 0.5) is 11.4 Å². The maximum Gasteiger partial charge on any atom is 0.298 e. The van der Waals surface area contributed by atoms with E-state index in [1.807, 2.05) is 0 Å². The Labute approximate surface area is 148 Å². The Morgan fingerprint density at radius 3 is 1.75 bits per heavy atom. The highest BCUT2D eigenvalue weighted by molar-refractivity contribution is 7.89. The predicted octanol–water partition coefficient (Wildman–Crippen LogP) is 2.54. The molecule has 0 spiro atoms. The van der Waals surface area contributed by atoms with Crippen molar-refractivity contribution in [2.45, 2.75) is 9.79 Å². The van der Waals surface area contributed by atoms with Crippen LogP contribution in [-0.2, 0) is 20.2 Å². The normalized spacial score (nSPS) is 12.2. The third kappa shape index (κ3) is 3.74. The summed E-state index contributed by atoms with van der Waals surface area (Å²) in [5, 5.41) is 0. The zero-order valence-corrected chi connectivity index (χ0v) is 14.7. The van der Waals surface area contributed by atoms with Gasteiger partial charge in [0, 0.05) is 34.8 Å². The maximum absolute atomic E-state index is 11.8. The smallest absolute Gasteiger partial charge is 0.298 e. The number of nitrogens with two attached hydrogens (primary N) is 1. The largest absolute Gasteiger partial charge is 0.399 e. The van der Waals surface area contributed by atoms with E-state index in [1.54, 1.807) is 0 Å². The third-order valence-corrected chi connectivity index (χ3v) is 5.37. The minimum atomic E-state index is -5.11. The Kier molecular flexibility index (Phi) is 5.00. The van der Waals surface area contributed by atoms with Gasteiger partial charge in [0.15, 0.2) is 0 Å². The molecule has 12 heteroatoms. The fourth-order valence-corrected chi connectivity index (χ4v) is 4.67. The monoisotopic (exact) mass is 412 g/mol. The van der Waals surface area contributed by atoms with Crippen LogP contribution in [0, 0.1) is 0 Å². The van der Waals surface area contributed by atoms with Gasteiger partial charge in [-0.25, -0.2) is 0 Å². The number of hydrogen-bond acceptors (Lipinski definition) is 6. The van der Waals surface area contributed by atoms with Crippen molar-refractivity contribution in [2.75, 3.05) is 9.67 Å². The van der Waals surface area contributed by atoms with Gasteiger partial charge in [-0.05, 0) is 23.8 Å². The second kappa shape index (κ2) is 6.39. The summed E-state index contributed by atoms with van der Waals surface area (Å²) in [6.07, 6.45) is 0. The number of halogens is 2. The van der Waals surface area contributed by atoms with Crippen LogP contribution in [0.5, 0.6) is 0 Å². The lowest BCUT2D eigenvalue weighted by atomic mass is 10.0. The first-order chi connectivity index (χ1) is 10.9. The molecule has 0 radical (unpaired) electrons. The highest BCUT2D eigenvalue weighted by atomic mass is 35.5. The first kappa shape index (κ1) is 18.8. The number of nitrogens with zero attached hydrogens (tertiary/aromatic N) is 1. The van der Waals surface area contributed by atoms with Crippen molar-refractivity contribution in [3.63, 3.8) is 0 Å². The fraction of sp³-hybridized carbons (Fsp3) is 0. The summed E-state index contributed by atoms with van der Waals surface area (Å²) in [4.78, 5) is -2.21. The summed E-state index contributed by atoms with van der Waals surface area (Å²) in [6, 6.07) is 7.96. The van der Waals surface area contributed by atoms with Crippen LogP contribution in [0.3, 0.4) is 0 Å². The van der Waals surface area contributed by atoms with Crippen molar-refractivity contribution in [3.8, 4) is 11.1 Å². The summed E-state index contributed by atoms with van der Waals surface area (Å²) in [6.45, 7) is 0. The van der Waals surface area contributed by atoms with Gasteiger partial charge in [0.25, 0.3) is 20.2 Å². The van der Waals surface area contributed by atoms with Gasteiger partial charge in [-0.15, -0.1) is 0 Å². The lowest BCUT2D eigenvalue weighted by molar-refractivity contribution is 0.467. The molecule has 0 saturated carbocycles. The van der Waals surface area contributed by atoms with Crippen LogP contribution in [0.25, 0.3) is 11.1 Å². The van der Waals surface area contributed by atoms with Crippen molar-refractivity contribution >= 4 is 55.2 Å². The van der Waals surface area contributed by atoms with Crippen LogP contribution in [0.1, 0.15) is 0 Å². The van der Waals surface area contributed by atoms with Gasteiger partial charge in [-0.3, -0.25) is 9.11 Å². The molecule has 0 aromatic heterocycles. The topological polar surface area (TPSA) is 138 Å². The Balaban J connectivity index is 3.01. The van der Waals surface area contributed by atoms with E-state index in [0.29, 0.717) is 5.69 Å². The first-order valence-electron chi connectivity index (χ1n) is 6.02. The zero-order valence-electron chi connectivity index (χ0n) is 11.6. The minimum Gasteiger partial charge on any atom is -0.399 e. The molecular formula is C12H10Cl2N2O6S2. The SMILES string of the molecule is Nc1ccc(-c2ccc(N(Cl)Cl)c(S(=O)(=O)O)c2S(=O)(=O)O)cc1. The van der Waals surface area contributed by atoms with Gasteiger partial charge >= 0.3 is 0 Å². The molecule has 0 aliphatic heterocycles. The second-order valence-electron chi connectivity index (χ2n) is 4.60. The number of rotatable bonds is 4. The quantitative estimate of drug-likeness (QED) is 0.395. The minimum absolute atomic E-state index is 0.191. The summed E-state index contributed by atoms with van der Waals surface area (Å²) in [5.74, 6) is 0. The highest BCUT2D eigenvalue weighted by Gasteiger charge is 2.32. The molecule has 2 aromatic rings. The summed E-state index contributed by atoms with van der Waals surface area (Å²) >= 11 is 11.0. The standard InChI is InChI=1S/C12H10Cl2N2O6S2/c13-16(14)10-6-5-9(7-1-3-8(15)4-2-7)11(23(17,18)19)12(10)24(20,21)22/h1-6H,15H2,(H,17,18,19)(H,20,21,22). The van der Waals surface area contributed by atoms with Gasteiger partial charge < -0.3 is 5.73 Å². The van der Waals surface area contributed by atoms with Crippen LogP contribution < -0.4 is 9.67 Å². The molecular weight excluding hydrogens is 403 g/mol. The van der Waals surface area contributed by atoms with Crippen molar-refractivity contribution in [3.05, 3.63) is 36.4 Å². The Morgan fingerprint density at radius 1 is 0.833 bits per heavy atom. The molecule has 4 N–H and O–H groups in total. The van der Waals surface area contributed by atoms with Gasteiger partial charge in [0.05, 0.1) is 5.69 Å². The van der Waals surface area contributed by atoms with Crippen LogP contribution in [0.15, 0.2) is 46.2 Å². The van der Waals surface area contributed by atoms with E-state index in [2.05, 4.69) is 0 Å². The highest BCUT2D eigenvalue weighted by Crippen LogP contribution is 2.40. The van der Waals surface area contributed by atoms with Gasteiger partial charge in [-0.1, -0.05) is 18.2 Å². The first-order valence-corrected chi connectivity index (χ1v) is 9.58. The average Bonchev–Trinajstić information content (AvgIpc) is 2.44. The average molecular weight is 413 g/mol. The van der Waals surface area contributed by atoms with Crippen molar-refractivity contribution in [1.82, 2.24) is 0 Å². The molecule has 8 nitrogen and oxygen atoms in total. The fourth-order valence-electron chi connectivity index (χ4n) is 2.08. The molecule has 0 aliphatic rings. The van der Waals surface area contributed by atoms with Crippen molar-refractivity contribution in [2.24, 2.45) is 0 Å². The molecule has 130 valence electrons. The molecule has 0 heterocycles. The molecule has 2 aromatic carbocycles. The maximum atomic E-state index is 11.8. The molecule has 0 atom stereocenters. The van der Waals surface area contributed by atoms with Crippen molar-refractivity contribution in [1.29, 1.82) is 0 Å². The molecule has 0 bridgehead atoms. The number of benzene rings is 2. The van der Waals surface area contributed by atoms with E-state index in [-0.39, 0.29) is 15.1 Å². The number of anilines is 2. The van der Waals surface area contributed by atoms with Crippen LogP contribution in [0.2, 0.25) is 0 Å². The Hall–Kier alpha value is -1.56. The molecule has 0 saturated heterocycles. The summed E-state index contributed by atoms with van der Waals surface area (Å²) in [5.41, 5.74) is 5.41. The van der Waals surface area contributed by atoms with Gasteiger partial charge in [0.2, 0.25) is 0 Å². The van der Waals surface area contributed by atoms with E-state index >= 15 is 0 Å². The molecule has 24 heavy (non-hydrogen) atoms. The number of hydrogen-bond donors (Lipinski definition) is 3. The number of nitrogen functional groups attached to an aromatic ring is 1. The van der Waals surface area contributed by atoms with Gasteiger partial charge in [0.1, 0.15) is 9.79 Å². The Morgan fingerprint density at radius 2 is 1.33 bits per heavy atom. The van der Waals surface area contributed by atoms with Gasteiger partial charge in [-0.2, -0.15) is 20.8 Å². The summed E-state index contributed by atoms with van der Waals surface area (Å²) in [7, 11) is -10.2. The molecule has 0 fully saturated rings. The van der Waals surface area contributed by atoms with E-state index in [0.717, 1.165) is 6.07 Å². The third-order valence-electron chi connectivity index (χ3n) is 3.01. The lowest BCUT2D eigenvalue weighted by Crippen LogP contribution is -2.13. The molecule has 2 rings (SSSR count). The van der Waals surface area contributed by atoms with Crippen LogP contribution in [-0.4, -0.2) is 25.9 Å². The van der Waals surface area contributed by atoms with Crippen LogP contribution >= 0.6 is 23.6 Å². The zero-order chi connectivity index (χ0) is 18.3. The summed E-state index contributed by atoms with van der Waals surface area (Å²) < 4.78 is 66.1. The molecule has 0 unspecified atom stereocenters. The molecule has 0 amide bonds. The van der Waals surface area contributed by atoms with E-state index in [9.17, 15) is 25.9 Å². The van der Waals surface area contributed by atoms with E-state index in [1.165, 1.54) is 30.3 Å². The molecule has 0 aliphatic carbocycles. The predicted molar refractivity (Wildman–Crippen MR) is 90.1 cm³/mol. The van der Waals surface area contributed by atoms with Crippen molar-refractivity contribution < 1.29 is 25.9 Å². The Bertz CT molecular complexity index is 989.